The van der Waals surface area contributed by atoms with Gasteiger partial charge in [-0.3, -0.25) is 9.59 Å². The maximum absolute atomic E-state index is 11.8. The summed E-state index contributed by atoms with van der Waals surface area (Å²) in [6, 6.07) is 9.17. The molecule has 0 saturated carbocycles. The van der Waals surface area contributed by atoms with E-state index in [2.05, 4.69) is 0 Å². The fraction of sp³-hybridized carbons (Fsp3) is 0.385. The van der Waals surface area contributed by atoms with E-state index in [4.69, 9.17) is 4.74 Å². The molecule has 0 amide bonds. The first-order chi connectivity index (χ1) is 7.77. The van der Waals surface area contributed by atoms with Crippen LogP contribution < -0.4 is 0 Å². The van der Waals surface area contributed by atoms with Crippen molar-refractivity contribution in [3.8, 4) is 0 Å². The predicted octanol–water partition coefficient (Wildman–Crippen LogP) is 2.21. The third-order valence-electron chi connectivity index (χ3n) is 2.86. The largest absolute Gasteiger partial charge is 0.465 e. The van der Waals surface area contributed by atoms with Gasteiger partial charge in [0.1, 0.15) is 0 Å². The van der Waals surface area contributed by atoms with E-state index in [1.165, 1.54) is 0 Å². The van der Waals surface area contributed by atoms with Crippen LogP contribution in [0.15, 0.2) is 30.3 Å². The molecule has 1 aromatic rings. The maximum Gasteiger partial charge on any atom is 0.309 e. The summed E-state index contributed by atoms with van der Waals surface area (Å²) in [5.74, 6) is -0.131. The van der Waals surface area contributed by atoms with Crippen LogP contribution in [0.2, 0.25) is 0 Å². The lowest BCUT2D eigenvalue weighted by Gasteiger charge is -2.04. The van der Waals surface area contributed by atoms with Crippen molar-refractivity contribution in [1.82, 2.24) is 0 Å². The number of ether oxygens (including phenoxy) is 1. The first kappa shape index (κ1) is 10.9. The molecular formula is C13H14O3. The molecule has 2 rings (SSSR count). The second kappa shape index (κ2) is 4.92. The highest BCUT2D eigenvalue weighted by atomic mass is 16.5. The number of carbonyl (C=O) groups excluding carboxylic acids is 2. The Bertz CT molecular complexity index is 383. The number of hydrogen-bond acceptors (Lipinski definition) is 3. The van der Waals surface area contributed by atoms with Crippen molar-refractivity contribution in [3.05, 3.63) is 35.9 Å². The van der Waals surface area contributed by atoms with Gasteiger partial charge in [0.2, 0.25) is 0 Å². The van der Waals surface area contributed by atoms with Gasteiger partial charge in [-0.25, -0.2) is 0 Å². The summed E-state index contributed by atoms with van der Waals surface area (Å²) in [5.41, 5.74) is 0.717. The number of hydrogen-bond donors (Lipinski definition) is 0. The highest BCUT2D eigenvalue weighted by molar-refractivity contribution is 5.96. The van der Waals surface area contributed by atoms with Crippen molar-refractivity contribution in [2.45, 2.75) is 19.3 Å². The van der Waals surface area contributed by atoms with E-state index >= 15 is 0 Å². The lowest BCUT2D eigenvalue weighted by atomic mass is 9.98. The summed E-state index contributed by atoms with van der Waals surface area (Å²) in [5, 5.41) is 0. The zero-order valence-corrected chi connectivity index (χ0v) is 9.02. The molecule has 3 nitrogen and oxygen atoms in total. The molecule has 0 N–H and O–H groups in total. The van der Waals surface area contributed by atoms with E-state index in [1.54, 1.807) is 12.1 Å². The smallest absolute Gasteiger partial charge is 0.309 e. The molecular weight excluding hydrogens is 204 g/mol. The van der Waals surface area contributed by atoms with E-state index < -0.39 is 0 Å². The van der Waals surface area contributed by atoms with Crippen LogP contribution in [0.25, 0.3) is 0 Å². The first-order valence-corrected chi connectivity index (χ1v) is 5.52. The molecule has 1 unspecified atom stereocenters. The quantitative estimate of drug-likeness (QED) is 0.575. The van der Waals surface area contributed by atoms with Crippen LogP contribution in [0.4, 0.5) is 0 Å². The van der Waals surface area contributed by atoms with E-state index in [-0.39, 0.29) is 17.7 Å². The van der Waals surface area contributed by atoms with Crippen molar-refractivity contribution in [1.29, 1.82) is 0 Å². The summed E-state index contributed by atoms with van der Waals surface area (Å²) in [6.07, 6.45) is 1.78. The average molecular weight is 218 g/mol. The van der Waals surface area contributed by atoms with Crippen LogP contribution in [-0.2, 0) is 9.53 Å². The topological polar surface area (TPSA) is 43.4 Å². The molecule has 1 heterocycles. The standard InChI is InChI=1S/C13H14O3/c14-12(10-4-2-1-3-5-10)7-6-11-8-9-16-13(11)15/h1-5,11H,6-9H2. The van der Waals surface area contributed by atoms with Gasteiger partial charge in [-0.15, -0.1) is 0 Å². The van der Waals surface area contributed by atoms with Gasteiger partial charge in [0.05, 0.1) is 12.5 Å². The van der Waals surface area contributed by atoms with E-state index in [0.717, 1.165) is 6.42 Å². The molecule has 0 aliphatic carbocycles. The maximum atomic E-state index is 11.8. The van der Waals surface area contributed by atoms with Crippen molar-refractivity contribution in [3.63, 3.8) is 0 Å². The third kappa shape index (κ3) is 2.48. The van der Waals surface area contributed by atoms with E-state index in [0.29, 0.717) is 25.0 Å². The molecule has 1 aliphatic rings. The molecule has 3 heteroatoms. The number of carbonyl (C=O) groups is 2. The minimum atomic E-state index is -0.152. The van der Waals surface area contributed by atoms with Gasteiger partial charge >= 0.3 is 5.97 Å². The number of cyclic esters (lactones) is 1. The predicted molar refractivity (Wildman–Crippen MR) is 59.1 cm³/mol. The van der Waals surface area contributed by atoms with E-state index in [9.17, 15) is 9.59 Å². The van der Waals surface area contributed by atoms with Crippen LogP contribution in [0.3, 0.4) is 0 Å². The van der Waals surface area contributed by atoms with Gasteiger partial charge in [-0.2, -0.15) is 0 Å². The Morgan fingerprint density at radius 3 is 2.69 bits per heavy atom. The first-order valence-electron chi connectivity index (χ1n) is 5.52. The van der Waals surface area contributed by atoms with Crippen molar-refractivity contribution < 1.29 is 14.3 Å². The summed E-state index contributed by atoms with van der Waals surface area (Å²) in [6.45, 7) is 0.503. The number of benzene rings is 1. The molecule has 1 aliphatic heterocycles. The molecule has 16 heavy (non-hydrogen) atoms. The third-order valence-corrected chi connectivity index (χ3v) is 2.86. The molecule has 1 saturated heterocycles. The second-order valence-electron chi connectivity index (χ2n) is 3.98. The Morgan fingerprint density at radius 1 is 1.31 bits per heavy atom. The van der Waals surface area contributed by atoms with Crippen molar-refractivity contribution in [2.75, 3.05) is 6.61 Å². The molecule has 1 atom stereocenters. The minimum absolute atomic E-state index is 0.0762. The lowest BCUT2D eigenvalue weighted by Crippen LogP contribution is -2.10. The van der Waals surface area contributed by atoms with Crippen LogP contribution in [0, 0.1) is 5.92 Å². The zero-order valence-electron chi connectivity index (χ0n) is 9.02. The van der Waals surface area contributed by atoms with Crippen molar-refractivity contribution in [2.24, 2.45) is 5.92 Å². The SMILES string of the molecule is O=C(CCC1CCOC1=O)c1ccccc1. The Hall–Kier alpha value is -1.64. The molecule has 0 radical (unpaired) electrons. The fourth-order valence-corrected chi connectivity index (χ4v) is 1.87. The van der Waals surface area contributed by atoms with Crippen LogP contribution >= 0.6 is 0 Å². The van der Waals surface area contributed by atoms with Crippen LogP contribution in [0.5, 0.6) is 0 Å². The summed E-state index contributed by atoms with van der Waals surface area (Å²) < 4.78 is 4.85. The number of ketones is 1. The highest BCUT2D eigenvalue weighted by Crippen LogP contribution is 2.20. The summed E-state index contributed by atoms with van der Waals surface area (Å²) in [7, 11) is 0. The van der Waals surface area contributed by atoms with Gasteiger partial charge in [0.25, 0.3) is 0 Å². The highest BCUT2D eigenvalue weighted by Gasteiger charge is 2.26. The minimum Gasteiger partial charge on any atom is -0.465 e. The molecule has 1 aromatic carbocycles. The molecule has 0 bridgehead atoms. The number of Topliss-reactive ketones (excluding diaryl/α,β-unsaturated/α-hetero) is 1. The molecule has 0 spiro atoms. The van der Waals surface area contributed by atoms with Gasteiger partial charge in [-0.05, 0) is 12.8 Å². The fourth-order valence-electron chi connectivity index (χ4n) is 1.87. The number of rotatable bonds is 4. The summed E-state index contributed by atoms with van der Waals surface area (Å²) in [4.78, 5) is 22.9. The van der Waals surface area contributed by atoms with Crippen LogP contribution in [-0.4, -0.2) is 18.4 Å². The summed E-state index contributed by atoms with van der Waals surface area (Å²) >= 11 is 0. The van der Waals surface area contributed by atoms with E-state index in [1.807, 2.05) is 18.2 Å². The lowest BCUT2D eigenvalue weighted by molar-refractivity contribution is -0.141. The molecule has 1 fully saturated rings. The zero-order chi connectivity index (χ0) is 11.4. The monoisotopic (exact) mass is 218 g/mol. The Kier molecular flexibility index (Phi) is 3.34. The van der Waals surface area contributed by atoms with Crippen molar-refractivity contribution >= 4 is 11.8 Å². The molecule has 84 valence electrons. The number of esters is 1. The van der Waals surface area contributed by atoms with Crippen LogP contribution in [0.1, 0.15) is 29.6 Å². The Morgan fingerprint density at radius 2 is 2.06 bits per heavy atom. The average Bonchev–Trinajstić information content (AvgIpc) is 2.73. The Labute approximate surface area is 94.4 Å². The van der Waals surface area contributed by atoms with Gasteiger partial charge in [-0.1, -0.05) is 30.3 Å². The van der Waals surface area contributed by atoms with Gasteiger partial charge < -0.3 is 4.74 Å². The normalized spacial score (nSPS) is 19.5. The molecule has 0 aromatic heterocycles. The second-order valence-corrected chi connectivity index (χ2v) is 3.98. The van der Waals surface area contributed by atoms with Gasteiger partial charge in [0.15, 0.2) is 5.78 Å². The van der Waals surface area contributed by atoms with Gasteiger partial charge in [0, 0.05) is 12.0 Å². The Balaban J connectivity index is 1.87.